The maximum atomic E-state index is 11.5. The number of amides is 1. The van der Waals surface area contributed by atoms with Gasteiger partial charge in [-0.3, -0.25) is 4.90 Å². The lowest BCUT2D eigenvalue weighted by Gasteiger charge is -2.19. The summed E-state index contributed by atoms with van der Waals surface area (Å²) in [4.78, 5) is 12.8. The fourth-order valence-electron chi connectivity index (χ4n) is 2.22. The number of nitrogens with two attached hydrogens (primary N) is 2. The van der Waals surface area contributed by atoms with E-state index in [1.807, 2.05) is 48.5 Å². The first-order chi connectivity index (χ1) is 11.6. The number of nitrogens with zero attached hydrogens (tertiary/aromatic N) is 3. The monoisotopic (exact) mass is 325 g/mol. The van der Waals surface area contributed by atoms with Crippen molar-refractivity contribution in [2.45, 2.75) is 13.1 Å². The first kappa shape index (κ1) is 17.0. The van der Waals surface area contributed by atoms with E-state index in [1.54, 1.807) is 0 Å². The lowest BCUT2D eigenvalue weighted by atomic mass is 10.1. The number of hydrogen-bond acceptors (Lipinski definition) is 5. The standard InChI is InChI=1S/C17H19N5O2/c18-20-9-13-1-5-15(6-2-13)11-22(17(23)24)12-16-7-3-14(4-8-16)10-21-19/h1-10H,11-12,18-19H2,(H,23,24). The molecule has 124 valence electrons. The minimum Gasteiger partial charge on any atom is -0.465 e. The van der Waals surface area contributed by atoms with Crippen LogP contribution >= 0.6 is 0 Å². The molecule has 0 bridgehead atoms. The summed E-state index contributed by atoms with van der Waals surface area (Å²) < 4.78 is 0. The molecule has 0 atom stereocenters. The normalized spacial score (nSPS) is 11.2. The fraction of sp³-hybridized carbons (Fsp3) is 0.118. The number of hydrogen-bond donors (Lipinski definition) is 3. The summed E-state index contributed by atoms with van der Waals surface area (Å²) in [6, 6.07) is 14.8. The van der Waals surface area contributed by atoms with Crippen LogP contribution in [0.1, 0.15) is 22.3 Å². The average molecular weight is 325 g/mol. The SMILES string of the molecule is NN=Cc1ccc(CN(Cc2ccc(C=NN)cc2)C(=O)O)cc1. The largest absolute Gasteiger partial charge is 0.465 e. The Labute approximate surface area is 139 Å². The Kier molecular flexibility index (Phi) is 5.90. The molecule has 2 rings (SSSR count). The van der Waals surface area contributed by atoms with Gasteiger partial charge in [0, 0.05) is 13.1 Å². The predicted molar refractivity (Wildman–Crippen MR) is 93.7 cm³/mol. The van der Waals surface area contributed by atoms with E-state index in [-0.39, 0.29) is 0 Å². The van der Waals surface area contributed by atoms with E-state index >= 15 is 0 Å². The van der Waals surface area contributed by atoms with Gasteiger partial charge in [0.15, 0.2) is 0 Å². The summed E-state index contributed by atoms with van der Waals surface area (Å²) in [5, 5.41) is 16.3. The second kappa shape index (κ2) is 8.33. The van der Waals surface area contributed by atoms with Gasteiger partial charge < -0.3 is 16.8 Å². The van der Waals surface area contributed by atoms with Crippen LogP contribution in [0.2, 0.25) is 0 Å². The lowest BCUT2D eigenvalue weighted by Crippen LogP contribution is -2.28. The molecule has 2 aromatic carbocycles. The molecule has 0 radical (unpaired) electrons. The quantitative estimate of drug-likeness (QED) is 0.427. The molecule has 24 heavy (non-hydrogen) atoms. The van der Waals surface area contributed by atoms with E-state index in [1.165, 1.54) is 17.3 Å². The van der Waals surface area contributed by atoms with E-state index in [0.29, 0.717) is 13.1 Å². The zero-order chi connectivity index (χ0) is 17.4. The molecule has 2 aromatic rings. The minimum absolute atomic E-state index is 0.293. The number of rotatable bonds is 6. The van der Waals surface area contributed by atoms with E-state index < -0.39 is 6.09 Å². The Hall–Kier alpha value is -3.35. The van der Waals surface area contributed by atoms with Crippen molar-refractivity contribution >= 4 is 18.5 Å². The number of carbonyl (C=O) groups is 1. The molecule has 0 saturated carbocycles. The van der Waals surface area contributed by atoms with E-state index in [2.05, 4.69) is 10.2 Å². The smallest absolute Gasteiger partial charge is 0.407 e. The average Bonchev–Trinajstić information content (AvgIpc) is 2.58. The van der Waals surface area contributed by atoms with E-state index in [9.17, 15) is 9.90 Å². The van der Waals surface area contributed by atoms with Crippen molar-refractivity contribution in [3.8, 4) is 0 Å². The van der Waals surface area contributed by atoms with Gasteiger partial charge in [0.2, 0.25) is 0 Å². The van der Waals surface area contributed by atoms with Crippen molar-refractivity contribution < 1.29 is 9.90 Å². The number of carboxylic acid groups (broad SMARTS) is 1. The van der Waals surface area contributed by atoms with Crippen LogP contribution in [0.25, 0.3) is 0 Å². The van der Waals surface area contributed by atoms with Gasteiger partial charge >= 0.3 is 6.09 Å². The summed E-state index contributed by atoms with van der Waals surface area (Å²) in [5.41, 5.74) is 3.50. The van der Waals surface area contributed by atoms with Gasteiger partial charge in [-0.05, 0) is 22.3 Å². The summed E-state index contributed by atoms with van der Waals surface area (Å²) in [5.74, 6) is 10.2. The predicted octanol–water partition coefficient (Wildman–Crippen LogP) is 1.95. The molecule has 0 unspecified atom stereocenters. The molecule has 0 aliphatic heterocycles. The topological polar surface area (TPSA) is 117 Å². The lowest BCUT2D eigenvalue weighted by molar-refractivity contribution is 0.139. The van der Waals surface area contributed by atoms with Gasteiger partial charge in [-0.25, -0.2) is 4.79 Å². The van der Waals surface area contributed by atoms with Gasteiger partial charge in [0.25, 0.3) is 0 Å². The molecular weight excluding hydrogens is 306 g/mol. The molecule has 0 aromatic heterocycles. The van der Waals surface area contributed by atoms with Crippen molar-refractivity contribution in [3.63, 3.8) is 0 Å². The van der Waals surface area contributed by atoms with Crippen LogP contribution in [0.5, 0.6) is 0 Å². The van der Waals surface area contributed by atoms with Gasteiger partial charge in [-0.2, -0.15) is 10.2 Å². The van der Waals surface area contributed by atoms with Crippen LogP contribution in [0.4, 0.5) is 4.79 Å². The molecule has 0 heterocycles. The van der Waals surface area contributed by atoms with Crippen LogP contribution in [-0.4, -0.2) is 28.5 Å². The Balaban J connectivity index is 2.07. The maximum absolute atomic E-state index is 11.5. The molecular formula is C17H19N5O2. The minimum atomic E-state index is -0.977. The van der Waals surface area contributed by atoms with Crippen LogP contribution < -0.4 is 11.7 Å². The highest BCUT2D eigenvalue weighted by atomic mass is 16.4. The second-order valence-electron chi connectivity index (χ2n) is 5.18. The molecule has 0 fully saturated rings. The second-order valence-corrected chi connectivity index (χ2v) is 5.18. The Morgan fingerprint density at radius 1 is 0.875 bits per heavy atom. The first-order valence-electron chi connectivity index (χ1n) is 7.24. The first-order valence-corrected chi connectivity index (χ1v) is 7.24. The molecule has 5 N–H and O–H groups in total. The van der Waals surface area contributed by atoms with Crippen molar-refractivity contribution in [1.29, 1.82) is 0 Å². The number of benzene rings is 2. The Morgan fingerprint density at radius 3 is 1.54 bits per heavy atom. The van der Waals surface area contributed by atoms with E-state index in [4.69, 9.17) is 11.7 Å². The van der Waals surface area contributed by atoms with Crippen molar-refractivity contribution in [2.75, 3.05) is 0 Å². The zero-order valence-corrected chi connectivity index (χ0v) is 13.0. The molecule has 1 amide bonds. The van der Waals surface area contributed by atoms with Crippen molar-refractivity contribution in [2.24, 2.45) is 21.9 Å². The highest BCUT2D eigenvalue weighted by Crippen LogP contribution is 2.12. The maximum Gasteiger partial charge on any atom is 0.407 e. The third-order valence-electron chi connectivity index (χ3n) is 3.42. The molecule has 7 nitrogen and oxygen atoms in total. The summed E-state index contributed by atoms with van der Waals surface area (Å²) >= 11 is 0. The molecule has 0 spiro atoms. The fourth-order valence-corrected chi connectivity index (χ4v) is 2.22. The molecule has 0 saturated heterocycles. The van der Waals surface area contributed by atoms with Crippen LogP contribution in [0, 0.1) is 0 Å². The van der Waals surface area contributed by atoms with Gasteiger partial charge in [-0.15, -0.1) is 0 Å². The van der Waals surface area contributed by atoms with Gasteiger partial charge in [0.05, 0.1) is 12.4 Å². The zero-order valence-electron chi connectivity index (χ0n) is 13.0. The van der Waals surface area contributed by atoms with Gasteiger partial charge in [0.1, 0.15) is 0 Å². The van der Waals surface area contributed by atoms with E-state index in [0.717, 1.165) is 22.3 Å². The summed E-state index contributed by atoms with van der Waals surface area (Å²) in [7, 11) is 0. The summed E-state index contributed by atoms with van der Waals surface area (Å²) in [6.07, 6.45) is 2.09. The molecule has 0 aliphatic rings. The highest BCUT2D eigenvalue weighted by Gasteiger charge is 2.13. The molecule has 0 aliphatic carbocycles. The van der Waals surface area contributed by atoms with Crippen molar-refractivity contribution in [3.05, 3.63) is 70.8 Å². The third-order valence-corrected chi connectivity index (χ3v) is 3.42. The van der Waals surface area contributed by atoms with Crippen molar-refractivity contribution in [1.82, 2.24) is 4.90 Å². The molecule has 7 heteroatoms. The Morgan fingerprint density at radius 2 is 1.25 bits per heavy atom. The highest BCUT2D eigenvalue weighted by molar-refractivity contribution is 5.79. The van der Waals surface area contributed by atoms with Gasteiger partial charge in [-0.1, -0.05) is 48.5 Å². The third kappa shape index (κ3) is 4.84. The van der Waals surface area contributed by atoms with Crippen LogP contribution in [-0.2, 0) is 13.1 Å². The van der Waals surface area contributed by atoms with Crippen LogP contribution in [0.15, 0.2) is 58.7 Å². The summed E-state index contributed by atoms with van der Waals surface area (Å²) in [6.45, 7) is 0.586. The number of hydrazone groups is 2. The van der Waals surface area contributed by atoms with Crippen LogP contribution in [0.3, 0.4) is 0 Å². The Bertz CT molecular complexity index is 666.